The van der Waals surface area contributed by atoms with E-state index in [1.807, 2.05) is 35.7 Å². The number of pyridine rings is 3. The fraction of sp³-hybridized carbons (Fsp3) is 0.387. The van der Waals surface area contributed by atoms with Crippen LogP contribution in [-0.4, -0.2) is 14.5 Å². The van der Waals surface area contributed by atoms with E-state index in [0.29, 0.717) is 17.8 Å². The van der Waals surface area contributed by atoms with Gasteiger partial charge in [0.1, 0.15) is 6.54 Å². The Kier molecular flexibility index (Phi) is 9.26. The second kappa shape index (κ2) is 13.0. The molecule has 4 heterocycles. The van der Waals surface area contributed by atoms with Gasteiger partial charge in [-0.15, -0.1) is 0 Å². The first-order valence-corrected chi connectivity index (χ1v) is 13.3. The molecule has 4 rings (SSSR count). The lowest BCUT2D eigenvalue weighted by molar-refractivity contribution is -0.697. The lowest BCUT2D eigenvalue weighted by Crippen LogP contribution is -2.33. The largest absolute Gasteiger partial charge is 0.339 e. The highest BCUT2D eigenvalue weighted by Crippen LogP contribution is 2.39. The summed E-state index contributed by atoms with van der Waals surface area (Å²) in [5.41, 5.74) is 4.24. The van der Waals surface area contributed by atoms with E-state index in [4.69, 9.17) is 0 Å². The minimum Gasteiger partial charge on any atom is -0.339 e. The van der Waals surface area contributed by atoms with E-state index < -0.39 is 0 Å². The Morgan fingerprint density at radius 3 is 1.89 bits per heavy atom. The van der Waals surface area contributed by atoms with Crippen molar-refractivity contribution < 1.29 is 9.13 Å². The first kappa shape index (κ1) is 25.6. The standard InChI is InChI=1S/C31H40N5/c1-4-26(29-9-18-34(3)19-10-29)23-31(28-7-13-32-14-8-28)24-27(5-2)30-11-20-35(21-12-30)16-6-17-36-22-15-33-25-36/h7-15,18-22,25-27,31H,3-6,16-17,23-24H2,1-2H3/q+1. The van der Waals surface area contributed by atoms with Crippen molar-refractivity contribution in [2.45, 2.75) is 76.8 Å². The molecule has 5 nitrogen and oxygen atoms in total. The minimum absolute atomic E-state index is 0.484. The van der Waals surface area contributed by atoms with Crippen molar-refractivity contribution in [3.63, 3.8) is 0 Å². The maximum absolute atomic E-state index is 4.29. The molecule has 5 heteroatoms. The topological polar surface area (TPSA) is 38.5 Å². The normalized spacial score (nSPS) is 13.8. The molecule has 0 bridgehead atoms. The molecular formula is C31H40N5+. The van der Waals surface area contributed by atoms with E-state index in [1.54, 1.807) is 0 Å². The zero-order chi connectivity index (χ0) is 25.2. The molecule has 3 unspecified atom stereocenters. The lowest BCUT2D eigenvalue weighted by Gasteiger charge is -2.27. The van der Waals surface area contributed by atoms with Gasteiger partial charge in [-0.3, -0.25) is 4.98 Å². The van der Waals surface area contributed by atoms with Gasteiger partial charge >= 0.3 is 0 Å². The quantitative estimate of drug-likeness (QED) is 0.177. The van der Waals surface area contributed by atoms with Gasteiger partial charge in [-0.1, -0.05) is 31.5 Å². The zero-order valence-corrected chi connectivity index (χ0v) is 21.8. The molecule has 4 aromatic heterocycles. The highest BCUT2D eigenvalue weighted by atomic mass is 15.0. The Balaban J connectivity index is 1.45. The summed E-state index contributed by atoms with van der Waals surface area (Å²) >= 11 is 0. The molecule has 0 saturated carbocycles. The van der Waals surface area contributed by atoms with Crippen molar-refractivity contribution >= 4 is 0 Å². The number of aryl methyl sites for hydroxylation is 2. The number of rotatable bonds is 13. The fourth-order valence-electron chi connectivity index (χ4n) is 5.25. The molecule has 0 amide bonds. The third kappa shape index (κ3) is 7.03. The Morgan fingerprint density at radius 1 is 0.750 bits per heavy atom. The number of hydrogen-bond donors (Lipinski definition) is 0. The maximum Gasteiger partial charge on any atom is 0.169 e. The molecule has 0 spiro atoms. The van der Waals surface area contributed by atoms with Gasteiger partial charge in [0.2, 0.25) is 0 Å². The minimum atomic E-state index is 0.484. The van der Waals surface area contributed by atoms with Crippen LogP contribution in [0.5, 0.6) is 0 Å². The monoisotopic (exact) mass is 482 g/mol. The number of nitrogens with zero attached hydrogens (tertiary/aromatic N) is 5. The van der Waals surface area contributed by atoms with Gasteiger partial charge in [-0.2, -0.15) is 0 Å². The maximum atomic E-state index is 4.29. The predicted octanol–water partition coefficient (Wildman–Crippen LogP) is 5.83. The second-order valence-electron chi connectivity index (χ2n) is 9.83. The molecule has 0 fully saturated rings. The van der Waals surface area contributed by atoms with Crippen molar-refractivity contribution in [3.8, 4) is 0 Å². The highest BCUT2D eigenvalue weighted by molar-refractivity contribution is 5.22. The number of hydrogen-bond acceptors (Lipinski definition) is 2. The summed E-state index contributed by atoms with van der Waals surface area (Å²) in [5, 5.41) is 0. The summed E-state index contributed by atoms with van der Waals surface area (Å²) in [6.07, 6.45) is 23.9. The Hall–Kier alpha value is -3.47. The van der Waals surface area contributed by atoms with Crippen molar-refractivity contribution in [3.05, 3.63) is 116 Å². The van der Waals surface area contributed by atoms with E-state index in [0.717, 1.165) is 45.2 Å². The molecule has 4 aromatic rings. The zero-order valence-electron chi connectivity index (χ0n) is 21.8. The summed E-state index contributed by atoms with van der Waals surface area (Å²) in [4.78, 5) is 8.41. The molecular weight excluding hydrogens is 442 g/mol. The summed E-state index contributed by atoms with van der Waals surface area (Å²) in [6.45, 7) is 6.63. The van der Waals surface area contributed by atoms with Crippen LogP contribution in [-0.2, 0) is 13.1 Å². The van der Waals surface area contributed by atoms with E-state index >= 15 is 0 Å². The second-order valence-corrected chi connectivity index (χ2v) is 9.83. The van der Waals surface area contributed by atoms with E-state index in [9.17, 15) is 0 Å². The molecule has 36 heavy (non-hydrogen) atoms. The van der Waals surface area contributed by atoms with Crippen molar-refractivity contribution in [1.29, 1.82) is 0 Å². The van der Waals surface area contributed by atoms with Crippen molar-refractivity contribution in [2.75, 3.05) is 0 Å². The molecule has 0 aliphatic heterocycles. The average molecular weight is 483 g/mol. The van der Waals surface area contributed by atoms with Crippen LogP contribution in [0.4, 0.5) is 0 Å². The van der Waals surface area contributed by atoms with Gasteiger partial charge in [0, 0.05) is 56.9 Å². The van der Waals surface area contributed by atoms with Gasteiger partial charge in [-0.25, -0.2) is 9.55 Å². The summed E-state index contributed by atoms with van der Waals surface area (Å²) < 4.78 is 6.30. The van der Waals surface area contributed by atoms with Gasteiger partial charge < -0.3 is 9.13 Å². The number of imidazole rings is 1. The SMILES string of the molecule is [CH2-][n+]1ccc(C(CC)CC(CC(CC)c2cc[n+](CCCn3ccnc3)cc2)c2ccncc2)cc1. The van der Waals surface area contributed by atoms with Crippen LogP contribution in [0.2, 0.25) is 0 Å². The Morgan fingerprint density at radius 2 is 1.33 bits per heavy atom. The van der Waals surface area contributed by atoms with Crippen LogP contribution in [0.25, 0.3) is 0 Å². The Bertz CT molecular complexity index is 1140. The molecule has 0 aliphatic carbocycles. The van der Waals surface area contributed by atoms with Gasteiger partial charge in [-0.05, 0) is 66.7 Å². The molecule has 188 valence electrons. The number of aromatic nitrogens is 5. The summed E-state index contributed by atoms with van der Waals surface area (Å²) in [5.74, 6) is 1.53. The predicted molar refractivity (Wildman–Crippen MR) is 143 cm³/mol. The molecule has 0 aromatic carbocycles. The first-order valence-electron chi connectivity index (χ1n) is 13.3. The lowest BCUT2D eigenvalue weighted by atomic mass is 9.77. The highest BCUT2D eigenvalue weighted by Gasteiger charge is 2.23. The smallest absolute Gasteiger partial charge is 0.169 e. The summed E-state index contributed by atoms with van der Waals surface area (Å²) in [6, 6.07) is 13.5. The van der Waals surface area contributed by atoms with Crippen LogP contribution in [0.15, 0.2) is 92.3 Å². The molecule has 0 N–H and O–H groups in total. The molecule has 0 aliphatic rings. The van der Waals surface area contributed by atoms with Crippen LogP contribution < -0.4 is 9.13 Å². The van der Waals surface area contributed by atoms with Crippen LogP contribution in [0.1, 0.15) is 80.4 Å². The van der Waals surface area contributed by atoms with Crippen LogP contribution in [0.3, 0.4) is 0 Å². The first-order chi connectivity index (χ1) is 17.7. The third-order valence-corrected chi connectivity index (χ3v) is 7.47. The Labute approximate surface area is 216 Å². The van der Waals surface area contributed by atoms with Crippen molar-refractivity contribution in [2.24, 2.45) is 0 Å². The van der Waals surface area contributed by atoms with Crippen molar-refractivity contribution in [1.82, 2.24) is 14.5 Å². The van der Waals surface area contributed by atoms with E-state index in [2.05, 4.69) is 101 Å². The summed E-state index contributed by atoms with van der Waals surface area (Å²) in [7, 11) is 3.98. The van der Waals surface area contributed by atoms with E-state index in [1.165, 1.54) is 16.7 Å². The van der Waals surface area contributed by atoms with Gasteiger partial charge in [0.25, 0.3) is 0 Å². The van der Waals surface area contributed by atoms with Gasteiger partial charge in [0.15, 0.2) is 12.4 Å². The van der Waals surface area contributed by atoms with Crippen LogP contribution >= 0.6 is 0 Å². The molecule has 0 saturated heterocycles. The van der Waals surface area contributed by atoms with Crippen LogP contribution in [0, 0.1) is 7.05 Å². The van der Waals surface area contributed by atoms with Gasteiger partial charge in [0.05, 0.1) is 18.7 Å². The third-order valence-electron chi connectivity index (χ3n) is 7.47. The molecule has 0 radical (unpaired) electrons. The molecule has 3 atom stereocenters. The average Bonchev–Trinajstić information content (AvgIpc) is 3.44. The van der Waals surface area contributed by atoms with E-state index in [-0.39, 0.29) is 0 Å². The fourth-order valence-corrected chi connectivity index (χ4v) is 5.25.